The predicted molar refractivity (Wildman–Crippen MR) is 189 cm³/mol. The van der Waals surface area contributed by atoms with Crippen molar-refractivity contribution in [3.63, 3.8) is 0 Å². The number of hydrogen-bond donors (Lipinski definition) is 3. The number of likely N-dealkylation sites (N-methyl/N-ethyl adjacent to an activating group) is 1. The lowest BCUT2D eigenvalue weighted by Gasteiger charge is -2.36. The third-order valence-electron chi connectivity index (χ3n) is 9.18. The van der Waals surface area contributed by atoms with Gasteiger partial charge in [0, 0.05) is 75.9 Å². The monoisotopic (exact) mass is 698 g/mol. The van der Waals surface area contributed by atoms with Gasteiger partial charge in [-0.3, -0.25) is 29.2 Å². The summed E-state index contributed by atoms with van der Waals surface area (Å²) < 4.78 is 8.75. The highest BCUT2D eigenvalue weighted by Crippen LogP contribution is 2.33. The maximum atomic E-state index is 12.8. The lowest BCUT2D eigenvalue weighted by Crippen LogP contribution is -2.47. The zero-order chi connectivity index (χ0) is 35.1. The topological polar surface area (TPSA) is 169 Å². The Labute approximate surface area is 291 Å². The molecule has 16 heteroatoms. The van der Waals surface area contributed by atoms with Crippen molar-refractivity contribution in [3.8, 4) is 5.75 Å². The van der Waals surface area contributed by atoms with Crippen molar-refractivity contribution in [3.05, 3.63) is 69.7 Å². The highest BCUT2D eigenvalue weighted by Gasteiger charge is 2.32. The summed E-state index contributed by atoms with van der Waals surface area (Å²) in [5.41, 5.74) is 3.70. The number of anilines is 4. The van der Waals surface area contributed by atoms with Crippen molar-refractivity contribution in [1.29, 1.82) is 0 Å². The molecule has 0 aliphatic carbocycles. The summed E-state index contributed by atoms with van der Waals surface area (Å²) in [6, 6.07) is 13.3. The number of nitrogens with zero attached hydrogens (tertiary/aromatic N) is 7. The minimum atomic E-state index is -0.449. The Bertz CT molecular complexity index is 2230. The SMILES string of the molecule is CNC(=O)COc1cc2cc(Nc3nc(N4CCN(c5ccc6c(C7CCC(=O)NC7=O)nn(C)c6c5)CC4)ncc3Cl)ccc2n(C)c1=O. The molecule has 15 nitrogen and oxygen atoms in total. The Morgan fingerprint density at radius 1 is 1.02 bits per heavy atom. The fraction of sp³-hybridized carbons (Fsp3) is 0.324. The van der Waals surface area contributed by atoms with E-state index in [0.29, 0.717) is 59.6 Å². The molecule has 2 saturated heterocycles. The molecule has 2 aliphatic heterocycles. The van der Waals surface area contributed by atoms with Crippen LogP contribution in [0.3, 0.4) is 0 Å². The summed E-state index contributed by atoms with van der Waals surface area (Å²) >= 11 is 6.53. The molecule has 1 unspecified atom stereocenters. The van der Waals surface area contributed by atoms with E-state index in [4.69, 9.17) is 21.3 Å². The Kier molecular flexibility index (Phi) is 8.74. The van der Waals surface area contributed by atoms with Crippen LogP contribution in [0.2, 0.25) is 5.02 Å². The van der Waals surface area contributed by atoms with Crippen molar-refractivity contribution in [2.24, 2.45) is 14.1 Å². The van der Waals surface area contributed by atoms with Crippen LogP contribution in [0.15, 0.2) is 53.5 Å². The van der Waals surface area contributed by atoms with Crippen molar-refractivity contribution < 1.29 is 19.1 Å². The van der Waals surface area contributed by atoms with Gasteiger partial charge in [-0.1, -0.05) is 11.6 Å². The van der Waals surface area contributed by atoms with Crippen LogP contribution in [0.5, 0.6) is 5.75 Å². The van der Waals surface area contributed by atoms with E-state index in [1.165, 1.54) is 11.6 Å². The van der Waals surface area contributed by atoms with Gasteiger partial charge in [0.05, 0.1) is 28.8 Å². The molecule has 3 amide bonds. The van der Waals surface area contributed by atoms with Gasteiger partial charge in [-0.05, 0) is 48.9 Å². The fourth-order valence-corrected chi connectivity index (χ4v) is 6.57. The van der Waals surface area contributed by atoms with Crippen molar-refractivity contribution in [2.45, 2.75) is 18.8 Å². The van der Waals surface area contributed by atoms with Gasteiger partial charge in [0.1, 0.15) is 5.02 Å². The summed E-state index contributed by atoms with van der Waals surface area (Å²) in [5.74, 6) is -0.283. The molecule has 5 aromatic rings. The van der Waals surface area contributed by atoms with Gasteiger partial charge in [0.15, 0.2) is 18.2 Å². The largest absolute Gasteiger partial charge is 0.478 e. The Balaban J connectivity index is 1.05. The number of carbonyl (C=O) groups excluding carboxylic acids is 3. The zero-order valence-corrected chi connectivity index (χ0v) is 28.5. The number of rotatable bonds is 8. The normalized spacial score (nSPS) is 16.5. The Morgan fingerprint density at radius 3 is 2.56 bits per heavy atom. The molecule has 50 heavy (non-hydrogen) atoms. The molecule has 2 fully saturated rings. The highest BCUT2D eigenvalue weighted by atomic mass is 35.5. The van der Waals surface area contributed by atoms with E-state index in [2.05, 4.69) is 41.9 Å². The number of halogens is 1. The molecule has 0 radical (unpaired) electrons. The standard InChI is InChI=1S/C34H35ClN10O5/c1-36-29(47)18-50-27-15-19-14-20(4-8-25(19)42(2)33(27)49)38-31-24(35)17-37-34(40-31)45-12-10-44(11-13-45)21-5-6-22-26(16-21)43(3)41-30(22)23-7-9-28(46)39-32(23)48/h4-6,8,14-17,23H,7,9-13,18H2,1-3H3,(H,36,47)(H,37,38,40)(H,39,46,48). The number of piperazine rings is 1. The van der Waals surface area contributed by atoms with Gasteiger partial charge in [0.25, 0.3) is 11.5 Å². The Hall–Kier alpha value is -5.70. The van der Waals surface area contributed by atoms with Crippen molar-refractivity contribution in [1.82, 2.24) is 34.9 Å². The lowest BCUT2D eigenvalue weighted by molar-refractivity contribution is -0.134. The molecule has 0 saturated carbocycles. The molecular formula is C34H35ClN10O5. The average molecular weight is 699 g/mol. The quantitative estimate of drug-likeness (QED) is 0.204. The van der Waals surface area contributed by atoms with Gasteiger partial charge in [0.2, 0.25) is 17.8 Å². The van der Waals surface area contributed by atoms with Crippen LogP contribution in [0.25, 0.3) is 21.8 Å². The maximum absolute atomic E-state index is 12.8. The van der Waals surface area contributed by atoms with Gasteiger partial charge >= 0.3 is 0 Å². The molecular weight excluding hydrogens is 664 g/mol. The van der Waals surface area contributed by atoms with E-state index in [-0.39, 0.29) is 35.6 Å². The van der Waals surface area contributed by atoms with Crippen LogP contribution in [0.1, 0.15) is 24.5 Å². The molecule has 5 heterocycles. The van der Waals surface area contributed by atoms with Crippen LogP contribution in [-0.4, -0.2) is 81.9 Å². The molecule has 7 rings (SSSR count). The fourth-order valence-electron chi connectivity index (χ4n) is 6.43. The second-order valence-corrected chi connectivity index (χ2v) is 12.7. The molecule has 0 spiro atoms. The maximum Gasteiger partial charge on any atom is 0.293 e. The third kappa shape index (κ3) is 6.27. The molecule has 3 aromatic heterocycles. The number of benzene rings is 2. The summed E-state index contributed by atoms with van der Waals surface area (Å²) in [7, 11) is 5.01. The number of imide groups is 1. The predicted octanol–water partition coefficient (Wildman–Crippen LogP) is 2.58. The number of carbonyl (C=O) groups is 3. The van der Waals surface area contributed by atoms with Gasteiger partial charge in [-0.15, -0.1) is 0 Å². The second kappa shape index (κ2) is 13.3. The first-order chi connectivity index (χ1) is 24.1. The summed E-state index contributed by atoms with van der Waals surface area (Å²) in [6.07, 6.45) is 2.33. The van der Waals surface area contributed by atoms with E-state index in [1.807, 2.05) is 37.4 Å². The zero-order valence-electron chi connectivity index (χ0n) is 27.7. The first-order valence-corrected chi connectivity index (χ1v) is 16.5. The second-order valence-electron chi connectivity index (χ2n) is 12.3. The molecule has 0 bridgehead atoms. The number of aryl methyl sites for hydroxylation is 2. The number of ether oxygens (including phenoxy) is 1. The number of fused-ring (bicyclic) bond motifs is 2. The number of piperidine rings is 1. The van der Waals surface area contributed by atoms with Crippen molar-refractivity contribution in [2.75, 3.05) is 55.0 Å². The average Bonchev–Trinajstić information content (AvgIpc) is 3.45. The van der Waals surface area contributed by atoms with Crippen LogP contribution in [0, 0.1) is 0 Å². The summed E-state index contributed by atoms with van der Waals surface area (Å²) in [6.45, 7) is 2.54. The molecule has 2 aliphatic rings. The Morgan fingerprint density at radius 2 is 1.80 bits per heavy atom. The summed E-state index contributed by atoms with van der Waals surface area (Å²) in [4.78, 5) is 62.3. The highest BCUT2D eigenvalue weighted by molar-refractivity contribution is 6.33. The lowest BCUT2D eigenvalue weighted by atomic mass is 9.93. The van der Waals surface area contributed by atoms with E-state index >= 15 is 0 Å². The molecule has 1 atom stereocenters. The number of pyridine rings is 1. The van der Waals surface area contributed by atoms with E-state index < -0.39 is 5.92 Å². The minimum Gasteiger partial charge on any atom is -0.478 e. The van der Waals surface area contributed by atoms with Crippen molar-refractivity contribution >= 4 is 74.3 Å². The van der Waals surface area contributed by atoms with Gasteiger partial charge in [-0.25, -0.2) is 4.98 Å². The third-order valence-corrected chi connectivity index (χ3v) is 9.46. The molecule has 2 aromatic carbocycles. The first-order valence-electron chi connectivity index (χ1n) is 16.2. The van der Waals surface area contributed by atoms with E-state index in [1.54, 1.807) is 24.0 Å². The number of hydrogen-bond acceptors (Lipinski definition) is 11. The van der Waals surface area contributed by atoms with Crippen LogP contribution < -0.4 is 36.0 Å². The summed E-state index contributed by atoms with van der Waals surface area (Å²) in [5, 5.41) is 14.8. The first kappa shape index (κ1) is 32.8. The molecule has 258 valence electrons. The van der Waals surface area contributed by atoms with E-state index in [0.717, 1.165) is 35.1 Å². The van der Waals surface area contributed by atoms with Gasteiger partial charge in [-0.2, -0.15) is 10.1 Å². The molecule has 3 N–H and O–H groups in total. The van der Waals surface area contributed by atoms with Crippen LogP contribution >= 0.6 is 11.6 Å². The van der Waals surface area contributed by atoms with E-state index in [9.17, 15) is 19.2 Å². The smallest absolute Gasteiger partial charge is 0.293 e. The van der Waals surface area contributed by atoms with Crippen LogP contribution in [0.4, 0.5) is 23.1 Å². The number of amides is 3. The number of aromatic nitrogens is 5. The van der Waals surface area contributed by atoms with Gasteiger partial charge < -0.3 is 29.7 Å². The minimum absolute atomic E-state index is 0.0689. The van der Waals surface area contributed by atoms with Crippen LogP contribution in [-0.2, 0) is 28.5 Å². The number of nitrogens with one attached hydrogen (secondary N) is 3.